The Bertz CT molecular complexity index is 339. The summed E-state index contributed by atoms with van der Waals surface area (Å²) in [6.07, 6.45) is 0. The summed E-state index contributed by atoms with van der Waals surface area (Å²) in [6, 6.07) is 1.72. The van der Waals surface area contributed by atoms with Gasteiger partial charge in [0.05, 0.1) is 13.1 Å². The third-order valence-corrected chi connectivity index (χ3v) is 1.53. The van der Waals surface area contributed by atoms with Crippen molar-refractivity contribution >= 4 is 11.7 Å². The van der Waals surface area contributed by atoms with Gasteiger partial charge in [-0.1, -0.05) is 0 Å². The molecule has 14 heavy (non-hydrogen) atoms. The topological polar surface area (TPSA) is 107 Å². The molecule has 1 amide bonds. The number of anilines is 1. The molecule has 1 rings (SSSR count). The third kappa shape index (κ3) is 2.98. The molecule has 76 valence electrons. The molecule has 0 fully saturated rings. The van der Waals surface area contributed by atoms with Gasteiger partial charge in [0.2, 0.25) is 5.91 Å². The molecule has 0 spiro atoms. The number of aryl methyl sites for hydroxylation is 1. The molecule has 5 N–H and O–H groups in total. The summed E-state index contributed by atoms with van der Waals surface area (Å²) in [7, 11) is 0. The molecule has 0 saturated carbocycles. The lowest BCUT2D eigenvalue weighted by Gasteiger charge is -2.05. The third-order valence-electron chi connectivity index (χ3n) is 1.53. The molecule has 1 aromatic heterocycles. The van der Waals surface area contributed by atoms with E-state index in [-0.39, 0.29) is 13.1 Å². The fourth-order valence-electron chi connectivity index (χ4n) is 0.990. The maximum absolute atomic E-state index is 10.5. The molecule has 0 saturated heterocycles. The number of carbonyl (C=O) groups is 1. The van der Waals surface area contributed by atoms with E-state index in [1.807, 2.05) is 6.92 Å². The SMILES string of the molecule is Cc1cc(NCC(N)=O)nc(CN)n1. The summed E-state index contributed by atoms with van der Waals surface area (Å²) in [6.45, 7) is 2.16. The second-order valence-electron chi connectivity index (χ2n) is 2.83. The second kappa shape index (κ2) is 4.52. The van der Waals surface area contributed by atoms with E-state index in [9.17, 15) is 4.79 Å². The van der Waals surface area contributed by atoms with Crippen LogP contribution in [0.2, 0.25) is 0 Å². The number of nitrogens with one attached hydrogen (secondary N) is 1. The lowest BCUT2D eigenvalue weighted by Crippen LogP contribution is -2.22. The number of hydrogen-bond donors (Lipinski definition) is 3. The summed E-state index contributed by atoms with van der Waals surface area (Å²) in [4.78, 5) is 18.7. The zero-order chi connectivity index (χ0) is 10.6. The molecular weight excluding hydrogens is 182 g/mol. The number of aromatic nitrogens is 2. The molecule has 6 heteroatoms. The highest BCUT2D eigenvalue weighted by Gasteiger charge is 2.01. The molecule has 0 radical (unpaired) electrons. The normalized spacial score (nSPS) is 9.86. The largest absolute Gasteiger partial charge is 0.368 e. The zero-order valence-corrected chi connectivity index (χ0v) is 7.95. The average Bonchev–Trinajstić information content (AvgIpc) is 2.14. The zero-order valence-electron chi connectivity index (χ0n) is 7.95. The monoisotopic (exact) mass is 195 g/mol. The van der Waals surface area contributed by atoms with Gasteiger partial charge in [-0.25, -0.2) is 9.97 Å². The first-order chi connectivity index (χ1) is 6.61. The summed E-state index contributed by atoms with van der Waals surface area (Å²) < 4.78 is 0. The summed E-state index contributed by atoms with van der Waals surface area (Å²) >= 11 is 0. The molecule has 1 aromatic rings. The quantitative estimate of drug-likeness (QED) is 0.579. The number of amides is 1. The van der Waals surface area contributed by atoms with Crippen molar-refractivity contribution in [2.24, 2.45) is 11.5 Å². The number of nitrogens with two attached hydrogens (primary N) is 2. The first-order valence-electron chi connectivity index (χ1n) is 4.18. The highest BCUT2D eigenvalue weighted by atomic mass is 16.1. The maximum atomic E-state index is 10.5. The molecule has 0 aliphatic heterocycles. The number of rotatable bonds is 4. The second-order valence-corrected chi connectivity index (χ2v) is 2.83. The van der Waals surface area contributed by atoms with Crippen LogP contribution in [0.25, 0.3) is 0 Å². The van der Waals surface area contributed by atoms with E-state index in [0.29, 0.717) is 11.6 Å². The van der Waals surface area contributed by atoms with Crippen LogP contribution >= 0.6 is 0 Å². The standard InChI is InChI=1S/C8H13N5O/c1-5-2-7(11-4-6(10)14)13-8(3-9)12-5/h2H,3-4,9H2,1H3,(H2,10,14)(H,11,12,13). The first kappa shape index (κ1) is 10.4. The highest BCUT2D eigenvalue weighted by molar-refractivity contribution is 5.78. The van der Waals surface area contributed by atoms with Crippen LogP contribution < -0.4 is 16.8 Å². The number of carbonyl (C=O) groups excluding carboxylic acids is 1. The van der Waals surface area contributed by atoms with Crippen molar-refractivity contribution in [3.8, 4) is 0 Å². The van der Waals surface area contributed by atoms with Gasteiger partial charge in [-0.05, 0) is 6.92 Å². The van der Waals surface area contributed by atoms with Crippen LogP contribution in [-0.2, 0) is 11.3 Å². The van der Waals surface area contributed by atoms with E-state index in [0.717, 1.165) is 5.69 Å². The van der Waals surface area contributed by atoms with Crippen LogP contribution in [0.15, 0.2) is 6.07 Å². The Kier molecular flexibility index (Phi) is 3.35. The van der Waals surface area contributed by atoms with E-state index in [4.69, 9.17) is 11.5 Å². The maximum Gasteiger partial charge on any atom is 0.236 e. The molecule has 0 aliphatic rings. The van der Waals surface area contributed by atoms with Crippen molar-refractivity contribution in [3.05, 3.63) is 17.6 Å². The molecule has 1 heterocycles. The predicted molar refractivity (Wildman–Crippen MR) is 52.3 cm³/mol. The van der Waals surface area contributed by atoms with Gasteiger partial charge in [-0.15, -0.1) is 0 Å². The van der Waals surface area contributed by atoms with Crippen LogP contribution in [0.4, 0.5) is 5.82 Å². The van der Waals surface area contributed by atoms with Gasteiger partial charge >= 0.3 is 0 Å². The van der Waals surface area contributed by atoms with Gasteiger partial charge in [0.15, 0.2) is 0 Å². The van der Waals surface area contributed by atoms with Crippen molar-refractivity contribution in [2.45, 2.75) is 13.5 Å². The van der Waals surface area contributed by atoms with E-state index in [2.05, 4.69) is 15.3 Å². The van der Waals surface area contributed by atoms with E-state index < -0.39 is 5.91 Å². The number of hydrogen-bond acceptors (Lipinski definition) is 5. The van der Waals surface area contributed by atoms with Gasteiger partial charge in [-0.2, -0.15) is 0 Å². The van der Waals surface area contributed by atoms with Crippen LogP contribution in [0, 0.1) is 6.92 Å². The van der Waals surface area contributed by atoms with Gasteiger partial charge in [0.25, 0.3) is 0 Å². The molecule has 0 unspecified atom stereocenters. The minimum absolute atomic E-state index is 0.0560. The van der Waals surface area contributed by atoms with Crippen molar-refractivity contribution in [1.29, 1.82) is 0 Å². The van der Waals surface area contributed by atoms with Gasteiger partial charge in [0, 0.05) is 11.8 Å². The van der Waals surface area contributed by atoms with Crippen LogP contribution in [0.1, 0.15) is 11.5 Å². The molecule has 6 nitrogen and oxygen atoms in total. The number of nitrogens with zero attached hydrogens (tertiary/aromatic N) is 2. The van der Waals surface area contributed by atoms with Crippen LogP contribution in [0.3, 0.4) is 0 Å². The van der Waals surface area contributed by atoms with Crippen molar-refractivity contribution < 1.29 is 4.79 Å². The summed E-state index contributed by atoms with van der Waals surface area (Å²) in [5, 5.41) is 2.78. The highest BCUT2D eigenvalue weighted by Crippen LogP contribution is 2.04. The van der Waals surface area contributed by atoms with Crippen molar-refractivity contribution in [2.75, 3.05) is 11.9 Å². The Balaban J connectivity index is 2.76. The van der Waals surface area contributed by atoms with Gasteiger partial charge in [-0.3, -0.25) is 4.79 Å². The number of primary amides is 1. The Morgan fingerprint density at radius 2 is 2.29 bits per heavy atom. The fraction of sp³-hybridized carbons (Fsp3) is 0.375. The fourth-order valence-corrected chi connectivity index (χ4v) is 0.990. The van der Waals surface area contributed by atoms with E-state index >= 15 is 0 Å². The van der Waals surface area contributed by atoms with E-state index in [1.54, 1.807) is 6.07 Å². The molecule has 0 aromatic carbocycles. The van der Waals surface area contributed by atoms with Crippen LogP contribution in [0.5, 0.6) is 0 Å². The Morgan fingerprint density at radius 1 is 1.57 bits per heavy atom. The summed E-state index contributed by atoms with van der Waals surface area (Å²) in [5.41, 5.74) is 11.2. The first-order valence-corrected chi connectivity index (χ1v) is 4.18. The lowest BCUT2D eigenvalue weighted by atomic mass is 10.4. The van der Waals surface area contributed by atoms with Gasteiger partial charge < -0.3 is 16.8 Å². The Labute approximate surface area is 81.7 Å². The molecule has 0 atom stereocenters. The summed E-state index contributed by atoms with van der Waals surface area (Å²) in [5.74, 6) is 0.671. The van der Waals surface area contributed by atoms with Gasteiger partial charge in [0.1, 0.15) is 11.6 Å². The molecule has 0 bridgehead atoms. The predicted octanol–water partition coefficient (Wildman–Crippen LogP) is -0.859. The lowest BCUT2D eigenvalue weighted by molar-refractivity contribution is -0.116. The average molecular weight is 195 g/mol. The van der Waals surface area contributed by atoms with Crippen molar-refractivity contribution in [3.63, 3.8) is 0 Å². The molecule has 0 aliphatic carbocycles. The minimum Gasteiger partial charge on any atom is -0.368 e. The Morgan fingerprint density at radius 3 is 2.86 bits per heavy atom. The Hall–Kier alpha value is -1.69. The van der Waals surface area contributed by atoms with Crippen molar-refractivity contribution in [1.82, 2.24) is 9.97 Å². The molecular formula is C8H13N5O. The van der Waals surface area contributed by atoms with E-state index in [1.165, 1.54) is 0 Å². The minimum atomic E-state index is -0.435. The van der Waals surface area contributed by atoms with Crippen LogP contribution in [-0.4, -0.2) is 22.4 Å². The smallest absolute Gasteiger partial charge is 0.236 e.